The number of benzene rings is 1. The number of aliphatic carboxylic acids is 1. The van der Waals surface area contributed by atoms with Gasteiger partial charge < -0.3 is 9.63 Å². The number of aromatic nitrogens is 2. The van der Waals surface area contributed by atoms with Crippen molar-refractivity contribution >= 4 is 5.97 Å². The molecule has 1 fully saturated rings. The van der Waals surface area contributed by atoms with Crippen LogP contribution in [0.3, 0.4) is 0 Å². The summed E-state index contributed by atoms with van der Waals surface area (Å²) < 4.78 is 5.25. The molecule has 0 spiro atoms. The average Bonchev–Trinajstić information content (AvgIpc) is 2.96. The van der Waals surface area contributed by atoms with Crippen LogP contribution in [0.4, 0.5) is 0 Å². The molecular weight excluding hydrogens is 294 g/mol. The van der Waals surface area contributed by atoms with Crippen molar-refractivity contribution in [1.29, 1.82) is 0 Å². The molecule has 3 rings (SSSR count). The standard InChI is InChI=1S/C17H21N3O3/c1-11-5-3-4-6-14(11)15(17(21)22)20-9-7-13(8-10-20)16-18-12(2)19-23-16/h3-6,13,15H,7-10H2,1-2H3,(H,21,22). The van der Waals surface area contributed by atoms with Crippen molar-refractivity contribution < 1.29 is 14.4 Å². The summed E-state index contributed by atoms with van der Waals surface area (Å²) in [5.41, 5.74) is 1.88. The highest BCUT2D eigenvalue weighted by molar-refractivity contribution is 5.76. The molecule has 1 saturated heterocycles. The highest BCUT2D eigenvalue weighted by atomic mass is 16.5. The third-order valence-corrected chi connectivity index (χ3v) is 4.50. The fourth-order valence-corrected chi connectivity index (χ4v) is 3.26. The number of hydrogen-bond donors (Lipinski definition) is 1. The molecule has 1 atom stereocenters. The molecule has 1 aromatic heterocycles. The molecule has 0 amide bonds. The van der Waals surface area contributed by atoms with Crippen molar-refractivity contribution in [3.63, 3.8) is 0 Å². The molecule has 2 aromatic rings. The van der Waals surface area contributed by atoms with Crippen LogP contribution >= 0.6 is 0 Å². The van der Waals surface area contributed by atoms with E-state index in [1.807, 2.05) is 36.1 Å². The summed E-state index contributed by atoms with van der Waals surface area (Å²) >= 11 is 0. The molecule has 1 aliphatic heterocycles. The molecule has 122 valence electrons. The highest BCUT2D eigenvalue weighted by Gasteiger charge is 2.33. The maximum atomic E-state index is 11.8. The summed E-state index contributed by atoms with van der Waals surface area (Å²) in [5.74, 6) is 0.737. The Balaban J connectivity index is 1.74. The van der Waals surface area contributed by atoms with E-state index >= 15 is 0 Å². The maximum Gasteiger partial charge on any atom is 0.325 e. The van der Waals surface area contributed by atoms with E-state index in [9.17, 15) is 9.90 Å². The number of carbonyl (C=O) groups is 1. The van der Waals surface area contributed by atoms with E-state index in [2.05, 4.69) is 10.1 Å². The first kappa shape index (κ1) is 15.7. The van der Waals surface area contributed by atoms with E-state index in [1.54, 1.807) is 6.92 Å². The monoisotopic (exact) mass is 315 g/mol. The van der Waals surface area contributed by atoms with Crippen molar-refractivity contribution in [2.75, 3.05) is 13.1 Å². The molecule has 1 N–H and O–H groups in total. The summed E-state index contributed by atoms with van der Waals surface area (Å²) in [6.45, 7) is 5.18. The zero-order valence-electron chi connectivity index (χ0n) is 13.4. The van der Waals surface area contributed by atoms with E-state index in [4.69, 9.17) is 4.52 Å². The first-order chi connectivity index (χ1) is 11.1. The molecule has 1 aliphatic rings. The predicted molar refractivity (Wildman–Crippen MR) is 84.1 cm³/mol. The van der Waals surface area contributed by atoms with Crippen molar-refractivity contribution in [3.05, 3.63) is 47.1 Å². The summed E-state index contributed by atoms with van der Waals surface area (Å²) in [7, 11) is 0. The Morgan fingerprint density at radius 2 is 2.00 bits per heavy atom. The minimum Gasteiger partial charge on any atom is -0.480 e. The van der Waals surface area contributed by atoms with Gasteiger partial charge in [-0.2, -0.15) is 4.98 Å². The highest BCUT2D eigenvalue weighted by Crippen LogP contribution is 2.32. The van der Waals surface area contributed by atoms with Crippen LogP contribution in [0.15, 0.2) is 28.8 Å². The van der Waals surface area contributed by atoms with E-state index in [-0.39, 0.29) is 5.92 Å². The van der Waals surface area contributed by atoms with Gasteiger partial charge in [-0.25, -0.2) is 0 Å². The summed E-state index contributed by atoms with van der Waals surface area (Å²) in [6.07, 6.45) is 1.66. The summed E-state index contributed by atoms with van der Waals surface area (Å²) in [4.78, 5) is 18.2. The second-order valence-electron chi connectivity index (χ2n) is 6.09. The Kier molecular flexibility index (Phi) is 4.43. The van der Waals surface area contributed by atoms with E-state index in [0.29, 0.717) is 24.8 Å². The molecular formula is C17H21N3O3. The van der Waals surface area contributed by atoms with Gasteiger partial charge in [0, 0.05) is 19.0 Å². The van der Waals surface area contributed by atoms with Gasteiger partial charge in [0.2, 0.25) is 5.89 Å². The van der Waals surface area contributed by atoms with Crippen LogP contribution in [-0.2, 0) is 4.79 Å². The molecule has 6 heteroatoms. The average molecular weight is 315 g/mol. The second kappa shape index (κ2) is 6.50. The number of carboxylic acid groups (broad SMARTS) is 1. The molecule has 0 bridgehead atoms. The van der Waals surface area contributed by atoms with Crippen molar-refractivity contribution in [2.45, 2.75) is 38.6 Å². The van der Waals surface area contributed by atoms with E-state index in [1.165, 1.54) is 0 Å². The van der Waals surface area contributed by atoms with Crippen molar-refractivity contribution in [3.8, 4) is 0 Å². The fraction of sp³-hybridized carbons (Fsp3) is 0.471. The fourth-order valence-electron chi connectivity index (χ4n) is 3.26. The minimum atomic E-state index is -0.800. The Morgan fingerprint density at radius 1 is 1.30 bits per heavy atom. The second-order valence-corrected chi connectivity index (χ2v) is 6.09. The van der Waals surface area contributed by atoms with Crippen molar-refractivity contribution in [2.24, 2.45) is 0 Å². The van der Waals surface area contributed by atoms with E-state index in [0.717, 1.165) is 24.0 Å². The molecule has 1 aromatic carbocycles. The van der Waals surface area contributed by atoms with Gasteiger partial charge in [-0.05, 0) is 37.8 Å². The lowest BCUT2D eigenvalue weighted by Crippen LogP contribution is -2.40. The Morgan fingerprint density at radius 3 is 2.57 bits per heavy atom. The number of hydrogen-bond acceptors (Lipinski definition) is 5. The number of rotatable bonds is 4. The number of carboxylic acids is 1. The van der Waals surface area contributed by atoms with Gasteiger partial charge in [0.1, 0.15) is 6.04 Å². The van der Waals surface area contributed by atoms with Gasteiger partial charge in [-0.3, -0.25) is 9.69 Å². The Bertz CT molecular complexity index is 690. The third-order valence-electron chi connectivity index (χ3n) is 4.50. The van der Waals surface area contributed by atoms with Gasteiger partial charge >= 0.3 is 5.97 Å². The van der Waals surface area contributed by atoms with Crippen LogP contribution in [0.1, 0.15) is 47.6 Å². The van der Waals surface area contributed by atoms with Crippen LogP contribution in [0.5, 0.6) is 0 Å². The smallest absolute Gasteiger partial charge is 0.325 e. The Hall–Kier alpha value is -2.21. The molecule has 0 aliphatic carbocycles. The lowest BCUT2D eigenvalue weighted by atomic mass is 9.93. The van der Waals surface area contributed by atoms with Gasteiger partial charge in [-0.1, -0.05) is 29.4 Å². The lowest BCUT2D eigenvalue weighted by molar-refractivity contribution is -0.144. The van der Waals surface area contributed by atoms with Gasteiger partial charge in [0.15, 0.2) is 5.82 Å². The number of aryl methyl sites for hydroxylation is 2. The maximum absolute atomic E-state index is 11.8. The van der Waals surface area contributed by atoms with Crippen LogP contribution in [0, 0.1) is 13.8 Å². The molecule has 0 saturated carbocycles. The normalized spacial score (nSPS) is 18.0. The first-order valence-electron chi connectivity index (χ1n) is 7.89. The van der Waals surface area contributed by atoms with Crippen LogP contribution in [0.2, 0.25) is 0 Å². The third kappa shape index (κ3) is 3.27. The molecule has 2 heterocycles. The minimum absolute atomic E-state index is 0.221. The topological polar surface area (TPSA) is 79.5 Å². The largest absolute Gasteiger partial charge is 0.480 e. The van der Waals surface area contributed by atoms with Crippen LogP contribution in [0.25, 0.3) is 0 Å². The predicted octanol–water partition coefficient (Wildman–Crippen LogP) is 2.69. The summed E-state index contributed by atoms with van der Waals surface area (Å²) in [6, 6.07) is 7.09. The Labute approximate surface area is 135 Å². The first-order valence-corrected chi connectivity index (χ1v) is 7.89. The van der Waals surface area contributed by atoms with Crippen LogP contribution in [-0.4, -0.2) is 39.2 Å². The lowest BCUT2D eigenvalue weighted by Gasteiger charge is -2.35. The zero-order valence-corrected chi connectivity index (χ0v) is 13.4. The number of likely N-dealkylation sites (tertiary alicyclic amines) is 1. The van der Waals surface area contributed by atoms with Gasteiger partial charge in [0.25, 0.3) is 0 Å². The van der Waals surface area contributed by atoms with Crippen molar-refractivity contribution in [1.82, 2.24) is 15.0 Å². The van der Waals surface area contributed by atoms with E-state index < -0.39 is 12.0 Å². The number of piperidine rings is 1. The zero-order chi connectivity index (χ0) is 16.4. The van der Waals surface area contributed by atoms with Gasteiger partial charge in [0.05, 0.1) is 0 Å². The van der Waals surface area contributed by atoms with Crippen LogP contribution < -0.4 is 0 Å². The molecule has 6 nitrogen and oxygen atoms in total. The van der Waals surface area contributed by atoms with Gasteiger partial charge in [-0.15, -0.1) is 0 Å². The SMILES string of the molecule is Cc1noc(C2CCN(C(C(=O)O)c3ccccc3C)CC2)n1. The quantitative estimate of drug-likeness (QED) is 0.934. The number of nitrogens with zero attached hydrogens (tertiary/aromatic N) is 3. The molecule has 0 radical (unpaired) electrons. The molecule has 23 heavy (non-hydrogen) atoms. The summed E-state index contributed by atoms with van der Waals surface area (Å²) in [5, 5.41) is 13.5. The molecule has 1 unspecified atom stereocenters.